The molecule has 0 radical (unpaired) electrons. The van der Waals surface area contributed by atoms with Crippen LogP contribution in [0.1, 0.15) is 42.1 Å². The predicted molar refractivity (Wildman–Crippen MR) is 164 cm³/mol. The van der Waals surface area contributed by atoms with Crippen LogP contribution in [0.5, 0.6) is 0 Å². The summed E-state index contributed by atoms with van der Waals surface area (Å²) in [6.45, 7) is 8.75. The molecule has 11 nitrogen and oxygen atoms in total. The molecule has 0 bridgehead atoms. The number of carbonyl (C=O) groups excluding carboxylic acids is 1. The standard InChI is InChI=1S/C31H34F3N9O2/c1-3-41-8-10-42(11-9-41)16-20-4-5-22(13-24(20)31(32,33)34)40-30(45)43-15-19(2)27-21(17-43)12-23(14-36-27)39-29-26-25(44)6-7-35-28(26)37-18-38-29/h4-7,12-14,18-19H,3,8-11,15-17H2,1-2H3,(H,40,45)(H2,35,37,38,39,44). The Balaban J connectivity index is 1.17. The van der Waals surface area contributed by atoms with Gasteiger partial charge >= 0.3 is 12.2 Å². The highest BCUT2D eigenvalue weighted by Crippen LogP contribution is 2.35. The normalized spacial score (nSPS) is 17.7. The smallest absolute Gasteiger partial charge is 0.346 e. The summed E-state index contributed by atoms with van der Waals surface area (Å²) >= 11 is 0. The number of pyridine rings is 2. The number of alkyl halides is 3. The topological polar surface area (TPSA) is 122 Å². The van der Waals surface area contributed by atoms with Crippen molar-refractivity contribution in [2.45, 2.75) is 39.0 Å². The minimum atomic E-state index is -4.56. The SMILES string of the molecule is CCN1CCN(Cc2ccc(NC(=O)N3Cc4cc(Nc5ncnc6[nH]ccc(=O)c56)cnc4C(C)C3)cc2C(F)(F)F)CC1. The molecule has 4 aromatic rings. The molecule has 2 aliphatic rings. The largest absolute Gasteiger partial charge is 0.416 e. The van der Waals surface area contributed by atoms with Gasteiger partial charge in [-0.15, -0.1) is 0 Å². The number of likely N-dealkylation sites (N-methyl/N-ethyl adjacent to an activating group) is 1. The Morgan fingerprint density at radius 2 is 1.82 bits per heavy atom. The van der Waals surface area contributed by atoms with Crippen LogP contribution in [0.4, 0.5) is 35.2 Å². The Morgan fingerprint density at radius 3 is 2.58 bits per heavy atom. The zero-order valence-electron chi connectivity index (χ0n) is 25.0. The zero-order chi connectivity index (χ0) is 31.7. The molecular weight excluding hydrogens is 587 g/mol. The monoisotopic (exact) mass is 621 g/mol. The van der Waals surface area contributed by atoms with Crippen molar-refractivity contribution < 1.29 is 18.0 Å². The number of aromatic amines is 1. The van der Waals surface area contributed by atoms with Gasteiger partial charge in [0.1, 0.15) is 23.2 Å². The molecule has 5 heterocycles. The van der Waals surface area contributed by atoms with Crippen molar-refractivity contribution in [1.29, 1.82) is 0 Å². The minimum Gasteiger partial charge on any atom is -0.346 e. The Hall–Kier alpha value is -4.56. The van der Waals surface area contributed by atoms with Crippen molar-refractivity contribution in [3.63, 3.8) is 0 Å². The van der Waals surface area contributed by atoms with Crippen molar-refractivity contribution in [3.8, 4) is 0 Å². The first kappa shape index (κ1) is 30.5. The van der Waals surface area contributed by atoms with Gasteiger partial charge in [0.2, 0.25) is 0 Å². The number of urea groups is 1. The van der Waals surface area contributed by atoms with Gasteiger partial charge in [-0.3, -0.25) is 14.7 Å². The summed E-state index contributed by atoms with van der Waals surface area (Å²) in [5.41, 5.74) is 1.83. The summed E-state index contributed by atoms with van der Waals surface area (Å²) < 4.78 is 42.4. The third kappa shape index (κ3) is 6.61. The van der Waals surface area contributed by atoms with Crippen LogP contribution in [0.25, 0.3) is 11.0 Å². The van der Waals surface area contributed by atoms with E-state index in [4.69, 9.17) is 0 Å². The molecule has 1 aromatic carbocycles. The second kappa shape index (κ2) is 12.4. The maximum absolute atomic E-state index is 14.1. The van der Waals surface area contributed by atoms with Gasteiger partial charge in [-0.25, -0.2) is 14.8 Å². The fourth-order valence-electron chi connectivity index (χ4n) is 6.00. The Labute approximate surface area is 257 Å². The number of hydrogen-bond donors (Lipinski definition) is 3. The lowest BCUT2D eigenvalue weighted by Crippen LogP contribution is -2.45. The number of carbonyl (C=O) groups is 1. The van der Waals surface area contributed by atoms with Crippen LogP contribution in [0, 0.1) is 0 Å². The fourth-order valence-corrected chi connectivity index (χ4v) is 6.00. The molecule has 14 heteroatoms. The van der Waals surface area contributed by atoms with E-state index in [9.17, 15) is 22.8 Å². The highest BCUT2D eigenvalue weighted by Gasteiger charge is 2.35. The van der Waals surface area contributed by atoms with Crippen molar-refractivity contribution in [1.82, 2.24) is 34.6 Å². The van der Waals surface area contributed by atoms with Gasteiger partial charge in [0.25, 0.3) is 0 Å². The third-order valence-corrected chi connectivity index (χ3v) is 8.39. The van der Waals surface area contributed by atoms with E-state index in [2.05, 4.69) is 42.4 Å². The lowest BCUT2D eigenvalue weighted by molar-refractivity contribution is -0.138. The van der Waals surface area contributed by atoms with E-state index in [1.807, 2.05) is 17.9 Å². The molecule has 1 saturated heterocycles. The number of amides is 2. The average Bonchev–Trinajstić information content (AvgIpc) is 3.01. The molecule has 2 aliphatic heterocycles. The van der Waals surface area contributed by atoms with Crippen LogP contribution < -0.4 is 16.1 Å². The van der Waals surface area contributed by atoms with Crippen LogP contribution in [-0.4, -0.2) is 79.9 Å². The van der Waals surface area contributed by atoms with E-state index in [0.717, 1.165) is 37.0 Å². The quantitative estimate of drug-likeness (QED) is 0.282. The summed E-state index contributed by atoms with van der Waals surface area (Å²) in [7, 11) is 0. The van der Waals surface area contributed by atoms with Crippen LogP contribution in [0.15, 0.2) is 53.8 Å². The lowest BCUT2D eigenvalue weighted by atomic mass is 9.96. The number of nitrogens with zero attached hydrogens (tertiary/aromatic N) is 6. The Morgan fingerprint density at radius 1 is 1.04 bits per heavy atom. The van der Waals surface area contributed by atoms with Crippen molar-refractivity contribution in [2.75, 3.05) is 49.9 Å². The van der Waals surface area contributed by atoms with Crippen molar-refractivity contribution in [3.05, 3.63) is 81.7 Å². The van der Waals surface area contributed by atoms with Gasteiger partial charge < -0.3 is 25.4 Å². The van der Waals surface area contributed by atoms with Crippen molar-refractivity contribution >= 4 is 34.3 Å². The fraction of sp³-hybridized carbons (Fsp3) is 0.387. The summed E-state index contributed by atoms with van der Waals surface area (Å²) in [4.78, 5) is 47.5. The van der Waals surface area contributed by atoms with Gasteiger partial charge in [0.15, 0.2) is 5.43 Å². The number of fused-ring (bicyclic) bond motifs is 2. The first-order valence-electron chi connectivity index (χ1n) is 14.9. The maximum atomic E-state index is 14.1. The van der Waals surface area contributed by atoms with Crippen LogP contribution in [0.3, 0.4) is 0 Å². The molecule has 2 amide bonds. The second-order valence-electron chi connectivity index (χ2n) is 11.5. The lowest BCUT2D eigenvalue weighted by Gasteiger charge is -2.34. The molecule has 0 spiro atoms. The zero-order valence-corrected chi connectivity index (χ0v) is 25.0. The van der Waals surface area contributed by atoms with E-state index < -0.39 is 17.8 Å². The molecule has 1 fully saturated rings. The summed E-state index contributed by atoms with van der Waals surface area (Å²) in [6, 6.07) is 6.73. The highest BCUT2D eigenvalue weighted by atomic mass is 19.4. The number of aromatic nitrogens is 4. The number of anilines is 3. The summed E-state index contributed by atoms with van der Waals surface area (Å²) in [5.74, 6) is 0.201. The summed E-state index contributed by atoms with van der Waals surface area (Å²) in [5, 5.41) is 6.11. The molecule has 0 aliphatic carbocycles. The van der Waals surface area contributed by atoms with E-state index in [0.29, 0.717) is 42.2 Å². The molecular formula is C31H34F3N9O2. The average molecular weight is 622 g/mol. The summed E-state index contributed by atoms with van der Waals surface area (Å²) in [6.07, 6.45) is -0.0729. The molecule has 0 saturated carbocycles. The molecule has 3 aromatic heterocycles. The molecule has 6 rings (SSSR count). The van der Waals surface area contributed by atoms with Gasteiger partial charge in [-0.1, -0.05) is 19.9 Å². The number of H-pyrrole nitrogens is 1. The first-order valence-corrected chi connectivity index (χ1v) is 14.9. The number of halogens is 3. The number of nitrogens with one attached hydrogen (secondary N) is 3. The van der Waals surface area contributed by atoms with E-state index in [1.54, 1.807) is 11.1 Å². The van der Waals surface area contributed by atoms with Gasteiger partial charge in [0.05, 0.1) is 23.1 Å². The van der Waals surface area contributed by atoms with E-state index in [-0.39, 0.29) is 35.7 Å². The second-order valence-corrected chi connectivity index (χ2v) is 11.5. The Kier molecular flexibility index (Phi) is 8.42. The molecule has 236 valence electrons. The van der Waals surface area contributed by atoms with Crippen LogP contribution in [0.2, 0.25) is 0 Å². The predicted octanol–water partition coefficient (Wildman–Crippen LogP) is 4.76. The third-order valence-electron chi connectivity index (χ3n) is 8.39. The molecule has 45 heavy (non-hydrogen) atoms. The number of piperazine rings is 1. The minimum absolute atomic E-state index is 0.0831. The maximum Gasteiger partial charge on any atom is 0.416 e. The van der Waals surface area contributed by atoms with E-state index >= 15 is 0 Å². The van der Waals surface area contributed by atoms with Gasteiger partial charge in [-0.05, 0) is 35.9 Å². The number of benzene rings is 1. The molecule has 1 atom stereocenters. The molecule has 1 unspecified atom stereocenters. The Bertz CT molecular complexity index is 1760. The van der Waals surface area contributed by atoms with Crippen molar-refractivity contribution in [2.24, 2.45) is 0 Å². The number of hydrogen-bond acceptors (Lipinski definition) is 8. The highest BCUT2D eigenvalue weighted by molar-refractivity contribution is 5.90. The van der Waals surface area contributed by atoms with Gasteiger partial charge in [0, 0.05) is 69.7 Å². The van der Waals surface area contributed by atoms with Crippen LogP contribution in [-0.2, 0) is 19.3 Å². The number of rotatable bonds is 6. The van der Waals surface area contributed by atoms with E-state index in [1.165, 1.54) is 30.7 Å². The van der Waals surface area contributed by atoms with Crippen LogP contribution >= 0.6 is 0 Å². The molecule has 3 N–H and O–H groups in total. The first-order chi connectivity index (χ1) is 21.6. The van der Waals surface area contributed by atoms with Gasteiger partial charge in [-0.2, -0.15) is 13.2 Å².